The molecule has 0 saturated carbocycles. The van der Waals surface area contributed by atoms with E-state index in [1.165, 1.54) is 11.1 Å². The number of carbonyl (C=O) groups excluding carboxylic acids is 1. The summed E-state index contributed by atoms with van der Waals surface area (Å²) in [4.78, 5) is 16.8. The maximum Gasteiger partial charge on any atom is 0.410 e. The molecule has 1 aliphatic heterocycles. The quantitative estimate of drug-likeness (QED) is 0.827. The number of amides is 1. The standard InChI is InChI=1S/C24H32N2O3/c1-24(2,3)29-23(28)25-15-16-26(21(18-25)14-17-27)22(19-10-6-4-7-11-19)20-12-8-5-9-13-20/h4-13,21-22,27H,14-18H2,1-3H3. The fourth-order valence-electron chi connectivity index (χ4n) is 3.95. The van der Waals surface area contributed by atoms with E-state index in [9.17, 15) is 9.90 Å². The molecular weight excluding hydrogens is 364 g/mol. The average Bonchev–Trinajstić information content (AvgIpc) is 2.70. The third-order valence-corrected chi connectivity index (χ3v) is 5.20. The van der Waals surface area contributed by atoms with Crippen molar-refractivity contribution in [1.82, 2.24) is 9.80 Å². The zero-order valence-electron chi connectivity index (χ0n) is 17.6. The molecule has 1 aliphatic rings. The van der Waals surface area contributed by atoms with Crippen molar-refractivity contribution in [3.05, 3.63) is 71.8 Å². The monoisotopic (exact) mass is 396 g/mol. The van der Waals surface area contributed by atoms with Crippen LogP contribution in [0.4, 0.5) is 4.79 Å². The lowest BCUT2D eigenvalue weighted by Crippen LogP contribution is -2.56. The van der Waals surface area contributed by atoms with Crippen LogP contribution in [0.25, 0.3) is 0 Å². The molecule has 1 saturated heterocycles. The highest BCUT2D eigenvalue weighted by atomic mass is 16.6. The molecule has 156 valence electrons. The number of piperazine rings is 1. The molecule has 1 N–H and O–H groups in total. The summed E-state index contributed by atoms with van der Waals surface area (Å²) in [6, 6.07) is 21.0. The molecule has 29 heavy (non-hydrogen) atoms. The second-order valence-electron chi connectivity index (χ2n) is 8.55. The first-order valence-electron chi connectivity index (χ1n) is 10.3. The first kappa shape index (κ1) is 21.3. The first-order valence-corrected chi connectivity index (χ1v) is 10.3. The second-order valence-corrected chi connectivity index (χ2v) is 8.55. The van der Waals surface area contributed by atoms with Crippen LogP contribution in [0.15, 0.2) is 60.7 Å². The number of aliphatic hydroxyl groups is 1. The lowest BCUT2D eigenvalue weighted by atomic mass is 9.94. The van der Waals surface area contributed by atoms with Crippen molar-refractivity contribution < 1.29 is 14.6 Å². The van der Waals surface area contributed by atoms with Gasteiger partial charge in [-0.15, -0.1) is 0 Å². The molecule has 0 radical (unpaired) electrons. The van der Waals surface area contributed by atoms with Gasteiger partial charge in [0.05, 0.1) is 6.04 Å². The van der Waals surface area contributed by atoms with E-state index in [0.29, 0.717) is 19.5 Å². The van der Waals surface area contributed by atoms with Gasteiger partial charge in [-0.2, -0.15) is 0 Å². The Bertz CT molecular complexity index is 734. The van der Waals surface area contributed by atoms with Crippen molar-refractivity contribution in [2.75, 3.05) is 26.2 Å². The van der Waals surface area contributed by atoms with Crippen molar-refractivity contribution in [3.8, 4) is 0 Å². The van der Waals surface area contributed by atoms with Gasteiger partial charge in [0.25, 0.3) is 0 Å². The van der Waals surface area contributed by atoms with Crippen molar-refractivity contribution in [1.29, 1.82) is 0 Å². The van der Waals surface area contributed by atoms with E-state index in [0.717, 1.165) is 6.54 Å². The molecule has 1 unspecified atom stereocenters. The van der Waals surface area contributed by atoms with Crippen molar-refractivity contribution in [2.24, 2.45) is 0 Å². The van der Waals surface area contributed by atoms with Crippen LogP contribution in [0.2, 0.25) is 0 Å². The highest BCUT2D eigenvalue weighted by molar-refractivity contribution is 5.68. The Balaban J connectivity index is 1.87. The molecule has 2 aromatic carbocycles. The van der Waals surface area contributed by atoms with E-state index in [2.05, 4.69) is 53.4 Å². The summed E-state index contributed by atoms with van der Waals surface area (Å²) in [6.45, 7) is 7.60. The number of hydrogen-bond acceptors (Lipinski definition) is 4. The number of hydrogen-bond donors (Lipinski definition) is 1. The number of ether oxygens (including phenoxy) is 1. The number of aliphatic hydroxyl groups excluding tert-OH is 1. The predicted octanol–water partition coefficient (Wildman–Crippen LogP) is 4.08. The molecule has 3 rings (SSSR count). The van der Waals surface area contributed by atoms with Crippen LogP contribution < -0.4 is 0 Å². The van der Waals surface area contributed by atoms with Crippen LogP contribution in [0.5, 0.6) is 0 Å². The third-order valence-electron chi connectivity index (χ3n) is 5.20. The molecule has 5 nitrogen and oxygen atoms in total. The lowest BCUT2D eigenvalue weighted by Gasteiger charge is -2.45. The minimum atomic E-state index is -0.517. The van der Waals surface area contributed by atoms with Crippen LogP contribution in [-0.2, 0) is 4.74 Å². The Morgan fingerprint density at radius 2 is 1.59 bits per heavy atom. The number of nitrogens with zero attached hydrogens (tertiary/aromatic N) is 2. The molecule has 0 spiro atoms. The van der Waals surface area contributed by atoms with E-state index < -0.39 is 5.60 Å². The van der Waals surface area contributed by atoms with Gasteiger partial charge >= 0.3 is 6.09 Å². The first-order chi connectivity index (χ1) is 13.9. The minimum absolute atomic E-state index is 0.0479. The average molecular weight is 397 g/mol. The molecule has 1 heterocycles. The highest BCUT2D eigenvalue weighted by Gasteiger charge is 2.36. The smallest absolute Gasteiger partial charge is 0.410 e. The molecule has 2 aromatic rings. The maximum atomic E-state index is 12.6. The third kappa shape index (κ3) is 5.58. The van der Waals surface area contributed by atoms with Gasteiger partial charge in [0.1, 0.15) is 5.60 Å². The topological polar surface area (TPSA) is 53.0 Å². The SMILES string of the molecule is CC(C)(C)OC(=O)N1CCN(C(c2ccccc2)c2ccccc2)C(CCO)C1. The van der Waals surface area contributed by atoms with Gasteiger partial charge in [-0.05, 0) is 38.3 Å². The van der Waals surface area contributed by atoms with Crippen molar-refractivity contribution in [2.45, 2.75) is 44.9 Å². The molecule has 1 amide bonds. The van der Waals surface area contributed by atoms with E-state index >= 15 is 0 Å². The summed E-state index contributed by atoms with van der Waals surface area (Å²) in [5, 5.41) is 9.71. The summed E-state index contributed by atoms with van der Waals surface area (Å²) < 4.78 is 5.57. The Kier molecular flexibility index (Phi) is 6.93. The number of carbonyl (C=O) groups is 1. The molecule has 5 heteroatoms. The normalized spacial score (nSPS) is 18.1. The molecule has 0 bridgehead atoms. The van der Waals surface area contributed by atoms with Gasteiger partial charge in [0.15, 0.2) is 0 Å². The molecule has 1 atom stereocenters. The van der Waals surface area contributed by atoms with Gasteiger partial charge in [0.2, 0.25) is 0 Å². The zero-order valence-corrected chi connectivity index (χ0v) is 17.6. The fourth-order valence-corrected chi connectivity index (χ4v) is 3.95. The van der Waals surface area contributed by atoms with E-state index in [1.807, 2.05) is 32.9 Å². The van der Waals surface area contributed by atoms with Crippen LogP contribution in [0.1, 0.15) is 44.4 Å². The Morgan fingerprint density at radius 1 is 1.03 bits per heavy atom. The van der Waals surface area contributed by atoms with Crippen LogP contribution in [-0.4, -0.2) is 58.9 Å². The van der Waals surface area contributed by atoms with Gasteiger partial charge < -0.3 is 14.7 Å². The number of benzene rings is 2. The predicted molar refractivity (Wildman–Crippen MR) is 115 cm³/mol. The Labute approximate surface area is 173 Å². The summed E-state index contributed by atoms with van der Waals surface area (Å²) >= 11 is 0. The fraction of sp³-hybridized carbons (Fsp3) is 0.458. The minimum Gasteiger partial charge on any atom is -0.444 e. The van der Waals surface area contributed by atoms with Gasteiger partial charge in [-0.25, -0.2) is 4.79 Å². The number of rotatable bonds is 5. The Hall–Kier alpha value is -2.37. The summed E-state index contributed by atoms with van der Waals surface area (Å²) in [5.74, 6) is 0. The Morgan fingerprint density at radius 3 is 2.07 bits per heavy atom. The van der Waals surface area contributed by atoms with Crippen LogP contribution in [0.3, 0.4) is 0 Å². The van der Waals surface area contributed by atoms with Crippen LogP contribution in [0, 0.1) is 0 Å². The van der Waals surface area contributed by atoms with Gasteiger partial charge in [-0.3, -0.25) is 4.90 Å². The van der Waals surface area contributed by atoms with Crippen molar-refractivity contribution in [3.63, 3.8) is 0 Å². The summed E-state index contributed by atoms with van der Waals surface area (Å²) in [5.41, 5.74) is 1.91. The van der Waals surface area contributed by atoms with Crippen molar-refractivity contribution >= 4 is 6.09 Å². The zero-order chi connectivity index (χ0) is 20.9. The summed E-state index contributed by atoms with van der Waals surface area (Å²) in [7, 11) is 0. The molecule has 0 aromatic heterocycles. The van der Waals surface area contributed by atoms with Gasteiger partial charge in [0, 0.05) is 32.3 Å². The second kappa shape index (κ2) is 9.42. The molecule has 0 aliphatic carbocycles. The maximum absolute atomic E-state index is 12.6. The largest absolute Gasteiger partial charge is 0.444 e. The molecular formula is C24H32N2O3. The molecule has 1 fully saturated rings. The highest BCUT2D eigenvalue weighted by Crippen LogP contribution is 2.33. The summed E-state index contributed by atoms with van der Waals surface area (Å²) in [6.07, 6.45) is 0.325. The van der Waals surface area contributed by atoms with E-state index in [-0.39, 0.29) is 24.8 Å². The van der Waals surface area contributed by atoms with E-state index in [4.69, 9.17) is 4.74 Å². The van der Waals surface area contributed by atoms with Crippen LogP contribution >= 0.6 is 0 Å². The van der Waals surface area contributed by atoms with E-state index in [1.54, 1.807) is 4.90 Å². The lowest BCUT2D eigenvalue weighted by molar-refractivity contribution is -0.00544. The van der Waals surface area contributed by atoms with Gasteiger partial charge in [-0.1, -0.05) is 60.7 Å².